The molecule has 0 bridgehead atoms. The quantitative estimate of drug-likeness (QED) is 0.674. The Balaban J connectivity index is 1.80. The number of aliphatic hydroxyl groups is 1. The average Bonchev–Trinajstić information content (AvgIpc) is 3.29. The van der Waals surface area contributed by atoms with E-state index in [4.69, 9.17) is 4.74 Å². The fourth-order valence-corrected chi connectivity index (χ4v) is 6.41. The number of rotatable bonds is 5. The number of nitrogens with zero attached hydrogens (tertiary/aromatic N) is 1. The summed E-state index contributed by atoms with van der Waals surface area (Å²) in [6.45, 7) is 6.02. The summed E-state index contributed by atoms with van der Waals surface area (Å²) >= 11 is 0. The predicted molar refractivity (Wildman–Crippen MR) is 126 cm³/mol. The van der Waals surface area contributed by atoms with Crippen molar-refractivity contribution in [2.24, 2.45) is 5.41 Å². The second-order valence-corrected chi connectivity index (χ2v) is 10.8. The molecule has 33 heavy (non-hydrogen) atoms. The Bertz CT molecular complexity index is 1250. The second-order valence-electron chi connectivity index (χ2n) is 8.90. The molecule has 1 heterocycles. The van der Waals surface area contributed by atoms with Crippen LogP contribution in [0.2, 0.25) is 0 Å². The zero-order chi connectivity index (χ0) is 24.0. The van der Waals surface area contributed by atoms with Gasteiger partial charge in [0.15, 0.2) is 0 Å². The first-order chi connectivity index (χ1) is 15.6. The number of hydrogen-bond acceptors (Lipinski definition) is 5. The molecule has 174 valence electrons. The fourth-order valence-electron chi connectivity index (χ4n) is 5.03. The molecule has 0 spiro atoms. The largest absolute Gasteiger partial charge is 0.468 e. The van der Waals surface area contributed by atoms with Crippen LogP contribution in [0.5, 0.6) is 0 Å². The summed E-state index contributed by atoms with van der Waals surface area (Å²) < 4.78 is 33.3. The van der Waals surface area contributed by atoms with Crippen molar-refractivity contribution in [1.29, 1.82) is 0 Å². The molecule has 0 aromatic heterocycles. The monoisotopic (exact) mass is 467 g/mol. The molecule has 0 saturated carbocycles. The van der Waals surface area contributed by atoms with Gasteiger partial charge in [0.05, 0.1) is 18.1 Å². The molecule has 0 amide bonds. The van der Waals surface area contributed by atoms with Crippen LogP contribution in [0.25, 0.3) is 0 Å². The van der Waals surface area contributed by atoms with Gasteiger partial charge in [-0.3, -0.25) is 4.79 Å². The molecule has 1 N–H and O–H groups in total. The Morgan fingerprint density at radius 2 is 1.61 bits per heavy atom. The van der Waals surface area contributed by atoms with Crippen molar-refractivity contribution < 1.29 is 23.1 Å². The van der Waals surface area contributed by atoms with E-state index >= 15 is 0 Å². The first-order valence-corrected chi connectivity index (χ1v) is 12.3. The lowest BCUT2D eigenvalue weighted by Gasteiger charge is -2.41. The van der Waals surface area contributed by atoms with Gasteiger partial charge in [-0.25, -0.2) is 8.42 Å². The Morgan fingerprint density at radius 1 is 1.00 bits per heavy atom. The third kappa shape index (κ3) is 3.74. The maximum atomic E-state index is 13.3. The van der Waals surface area contributed by atoms with Crippen molar-refractivity contribution in [2.75, 3.05) is 20.2 Å². The number of methoxy groups -OCH3 is 1. The van der Waals surface area contributed by atoms with Gasteiger partial charge in [0, 0.05) is 13.1 Å². The van der Waals surface area contributed by atoms with Gasteiger partial charge in [-0.2, -0.15) is 4.31 Å². The molecule has 2 aliphatic rings. The molecule has 0 unspecified atom stereocenters. The lowest BCUT2D eigenvalue weighted by atomic mass is 9.64. The highest BCUT2D eigenvalue weighted by Crippen LogP contribution is 2.53. The molecule has 2 atom stereocenters. The standard InChI is InChI=1S/C26H29NO5S/c1-17-10-12-21(13-11-17)33(30,31)27-15-22-18(2)14-26(25(29)32-4,19(3)23(22)16-27)24(28)20-8-6-5-7-9-20/h5-13,24,28H,14-16H2,1-4H3/t24-,26+/m0/s1. The number of fused-ring (bicyclic) bond motifs is 1. The molecule has 0 radical (unpaired) electrons. The summed E-state index contributed by atoms with van der Waals surface area (Å²) in [6.07, 6.45) is -0.864. The molecule has 1 fully saturated rings. The number of aliphatic hydroxyl groups excluding tert-OH is 1. The Hall–Kier alpha value is -2.74. The lowest BCUT2D eigenvalue weighted by molar-refractivity contribution is -0.157. The summed E-state index contributed by atoms with van der Waals surface area (Å²) in [7, 11) is -2.39. The molecule has 7 heteroatoms. The van der Waals surface area contributed by atoms with E-state index in [1.807, 2.05) is 39.0 Å². The van der Waals surface area contributed by atoms with Crippen LogP contribution < -0.4 is 0 Å². The number of benzene rings is 2. The first-order valence-electron chi connectivity index (χ1n) is 10.9. The van der Waals surface area contributed by atoms with Crippen LogP contribution in [-0.4, -0.2) is 44.0 Å². The minimum absolute atomic E-state index is 0.148. The van der Waals surface area contributed by atoms with Crippen LogP contribution in [0, 0.1) is 12.3 Å². The molecule has 1 saturated heterocycles. The number of hydrogen-bond donors (Lipinski definition) is 1. The van der Waals surface area contributed by atoms with Crippen LogP contribution in [0.4, 0.5) is 0 Å². The van der Waals surface area contributed by atoms with Crippen molar-refractivity contribution in [3.05, 3.63) is 88.0 Å². The van der Waals surface area contributed by atoms with E-state index in [0.717, 1.165) is 22.3 Å². The van der Waals surface area contributed by atoms with Crippen LogP contribution >= 0.6 is 0 Å². The minimum Gasteiger partial charge on any atom is -0.468 e. The van der Waals surface area contributed by atoms with Crippen LogP contribution in [0.15, 0.2) is 81.8 Å². The molecule has 1 aliphatic carbocycles. The van der Waals surface area contributed by atoms with E-state index in [1.54, 1.807) is 36.4 Å². The third-order valence-electron chi connectivity index (χ3n) is 7.00. The molecular weight excluding hydrogens is 438 g/mol. The number of carbonyl (C=O) groups is 1. The lowest BCUT2D eigenvalue weighted by Crippen LogP contribution is -2.42. The van der Waals surface area contributed by atoms with Crippen molar-refractivity contribution in [1.82, 2.24) is 4.31 Å². The van der Waals surface area contributed by atoms with Gasteiger partial charge in [-0.15, -0.1) is 0 Å². The smallest absolute Gasteiger partial charge is 0.319 e. The van der Waals surface area contributed by atoms with Gasteiger partial charge in [0.25, 0.3) is 0 Å². The normalized spacial score (nSPS) is 22.3. The summed E-state index contributed by atoms with van der Waals surface area (Å²) in [4.78, 5) is 13.5. The highest BCUT2D eigenvalue weighted by molar-refractivity contribution is 7.89. The summed E-state index contributed by atoms with van der Waals surface area (Å²) in [5.74, 6) is -0.526. The van der Waals surface area contributed by atoms with Crippen LogP contribution in [0.3, 0.4) is 0 Å². The van der Waals surface area contributed by atoms with Crippen molar-refractivity contribution in [2.45, 2.75) is 38.2 Å². The van der Waals surface area contributed by atoms with Crippen molar-refractivity contribution in [3.63, 3.8) is 0 Å². The van der Waals surface area contributed by atoms with Gasteiger partial charge >= 0.3 is 5.97 Å². The van der Waals surface area contributed by atoms with E-state index in [0.29, 0.717) is 11.1 Å². The summed E-state index contributed by atoms with van der Waals surface area (Å²) in [5.41, 5.74) is 3.53. The van der Waals surface area contributed by atoms with E-state index < -0.39 is 27.5 Å². The van der Waals surface area contributed by atoms with E-state index in [2.05, 4.69) is 0 Å². The zero-order valence-electron chi connectivity index (χ0n) is 19.3. The van der Waals surface area contributed by atoms with Crippen LogP contribution in [0.1, 0.15) is 37.5 Å². The SMILES string of the molecule is COC(=O)[C@]1([C@@H](O)c2ccccc2)CC(C)=C2CN(S(=O)(=O)c3ccc(C)cc3)CC2=C1C. The number of allylic oxidation sites excluding steroid dienone is 1. The van der Waals surface area contributed by atoms with Gasteiger partial charge < -0.3 is 9.84 Å². The van der Waals surface area contributed by atoms with Gasteiger partial charge in [0.1, 0.15) is 5.41 Å². The molecule has 2 aromatic carbocycles. The van der Waals surface area contributed by atoms with E-state index in [-0.39, 0.29) is 24.4 Å². The molecular formula is C26H29NO5S. The average molecular weight is 468 g/mol. The van der Waals surface area contributed by atoms with Crippen molar-refractivity contribution in [3.8, 4) is 0 Å². The Labute approximate surface area is 195 Å². The first kappa shape index (κ1) is 23.4. The molecule has 1 aliphatic heterocycles. The number of ether oxygens (including phenoxy) is 1. The van der Waals surface area contributed by atoms with Gasteiger partial charge in [0.2, 0.25) is 10.0 Å². The second kappa shape index (κ2) is 8.56. The fraction of sp³-hybridized carbons (Fsp3) is 0.346. The minimum atomic E-state index is -3.71. The molecule has 4 rings (SSSR count). The number of aryl methyl sites for hydroxylation is 1. The summed E-state index contributed by atoms with van der Waals surface area (Å²) in [5, 5.41) is 11.4. The van der Waals surface area contributed by atoms with E-state index in [9.17, 15) is 18.3 Å². The number of sulfonamides is 1. The Kier molecular flexibility index (Phi) is 6.07. The predicted octanol–water partition coefficient (Wildman–Crippen LogP) is 3.93. The van der Waals surface area contributed by atoms with E-state index in [1.165, 1.54) is 11.4 Å². The molecule has 6 nitrogen and oxygen atoms in total. The topological polar surface area (TPSA) is 83.9 Å². The van der Waals surface area contributed by atoms with Gasteiger partial charge in [-0.05, 0) is 61.6 Å². The number of esters is 1. The summed E-state index contributed by atoms with van der Waals surface area (Å²) in [6, 6.07) is 15.8. The maximum absolute atomic E-state index is 13.3. The third-order valence-corrected chi connectivity index (χ3v) is 8.81. The zero-order valence-corrected chi connectivity index (χ0v) is 20.1. The highest BCUT2D eigenvalue weighted by atomic mass is 32.2. The highest BCUT2D eigenvalue weighted by Gasteiger charge is 2.53. The Morgan fingerprint density at radius 3 is 2.21 bits per heavy atom. The maximum Gasteiger partial charge on any atom is 0.319 e. The van der Waals surface area contributed by atoms with Crippen LogP contribution in [-0.2, 0) is 19.6 Å². The van der Waals surface area contributed by atoms with Gasteiger partial charge in [-0.1, -0.05) is 53.6 Å². The number of carbonyl (C=O) groups excluding carboxylic acids is 1. The van der Waals surface area contributed by atoms with Crippen molar-refractivity contribution >= 4 is 16.0 Å². The molecule has 2 aromatic rings.